The Labute approximate surface area is 99.7 Å². The monoisotopic (exact) mass is 240 g/mol. The molecule has 0 aliphatic heterocycles. The second-order valence-corrected chi connectivity index (χ2v) is 3.76. The molecule has 0 radical (unpaired) electrons. The van der Waals surface area contributed by atoms with Gasteiger partial charge >= 0.3 is 6.16 Å². The molecule has 0 aromatic heterocycles. The predicted octanol–water partition coefficient (Wildman–Crippen LogP) is 2.71. The lowest BCUT2D eigenvalue weighted by Gasteiger charge is -2.23. The maximum atomic E-state index is 10.4. The molecule has 1 rings (SSSR count). The number of aliphatic carboxylic acids is 1. The number of benzene rings is 1. The van der Waals surface area contributed by atoms with Crippen LogP contribution in [-0.2, 0) is 15.1 Å². The number of hydrogen-bond acceptors (Lipinski definition) is 3. The van der Waals surface area contributed by atoms with E-state index in [1.807, 2.05) is 30.3 Å². The summed E-state index contributed by atoms with van der Waals surface area (Å²) in [6.45, 7) is 4.52. The second-order valence-electron chi connectivity index (χ2n) is 3.76. The minimum atomic E-state index is -1.26. The molecule has 0 saturated heterocycles. The molecule has 0 aliphatic carbocycles. The predicted molar refractivity (Wildman–Crippen MR) is 61.9 cm³/mol. The van der Waals surface area contributed by atoms with Crippen LogP contribution in [0.3, 0.4) is 0 Å². The van der Waals surface area contributed by atoms with Crippen LogP contribution in [0.2, 0.25) is 0 Å². The number of carboxylic acids is 1. The van der Waals surface area contributed by atoms with Crippen molar-refractivity contribution in [2.45, 2.75) is 26.4 Å². The molecule has 2 N–H and O–H groups in total. The van der Waals surface area contributed by atoms with Crippen molar-refractivity contribution in [1.82, 2.24) is 0 Å². The van der Waals surface area contributed by atoms with E-state index in [1.165, 1.54) is 0 Å². The van der Waals surface area contributed by atoms with Gasteiger partial charge in [-0.3, -0.25) is 4.79 Å². The van der Waals surface area contributed by atoms with Crippen LogP contribution in [0.25, 0.3) is 0 Å². The molecular formula is C12H16O5. The van der Waals surface area contributed by atoms with E-state index in [-0.39, 0.29) is 0 Å². The van der Waals surface area contributed by atoms with Crippen molar-refractivity contribution in [1.29, 1.82) is 0 Å². The van der Waals surface area contributed by atoms with E-state index in [1.54, 1.807) is 13.8 Å². The highest BCUT2D eigenvalue weighted by Gasteiger charge is 2.24. The van der Waals surface area contributed by atoms with Crippen LogP contribution >= 0.6 is 0 Å². The summed E-state index contributed by atoms with van der Waals surface area (Å²) in [6.07, 6.45) is -1.26. The van der Waals surface area contributed by atoms with Crippen LogP contribution < -0.4 is 0 Å². The lowest BCUT2D eigenvalue weighted by molar-refractivity contribution is -0.134. The summed E-state index contributed by atoms with van der Waals surface area (Å²) in [7, 11) is 0. The topological polar surface area (TPSA) is 83.8 Å². The molecule has 0 heterocycles. The number of ether oxygens (including phenoxy) is 1. The molecule has 17 heavy (non-hydrogen) atoms. The molecule has 5 nitrogen and oxygen atoms in total. The molecule has 0 bridgehead atoms. The van der Waals surface area contributed by atoms with Gasteiger partial charge < -0.3 is 14.9 Å². The molecule has 1 aromatic carbocycles. The molecule has 94 valence electrons. The summed E-state index contributed by atoms with van der Waals surface area (Å²) in [6, 6.07) is 9.25. The minimum Gasteiger partial charge on any atom is -0.481 e. The number of rotatable bonds is 2. The Morgan fingerprint density at radius 3 is 1.88 bits per heavy atom. The average molecular weight is 240 g/mol. The Morgan fingerprint density at radius 2 is 1.53 bits per heavy atom. The molecule has 0 fully saturated rings. The van der Waals surface area contributed by atoms with Gasteiger partial charge in [-0.25, -0.2) is 4.79 Å². The Bertz CT molecular complexity index is 366. The summed E-state index contributed by atoms with van der Waals surface area (Å²) in [5, 5.41) is 15.9. The summed E-state index contributed by atoms with van der Waals surface area (Å²) >= 11 is 0. The van der Waals surface area contributed by atoms with Gasteiger partial charge in [-0.15, -0.1) is 0 Å². The van der Waals surface area contributed by atoms with Crippen LogP contribution in [0.4, 0.5) is 4.79 Å². The van der Waals surface area contributed by atoms with E-state index in [0.29, 0.717) is 0 Å². The van der Waals surface area contributed by atoms with Gasteiger partial charge in [0.2, 0.25) is 0 Å². The van der Waals surface area contributed by atoms with E-state index in [2.05, 4.69) is 0 Å². The number of carbonyl (C=O) groups is 2. The zero-order valence-electron chi connectivity index (χ0n) is 10.0. The molecule has 0 unspecified atom stereocenters. The quantitative estimate of drug-likeness (QED) is 0.776. The van der Waals surface area contributed by atoms with Gasteiger partial charge in [0.1, 0.15) is 5.60 Å². The smallest absolute Gasteiger partial charge is 0.481 e. The van der Waals surface area contributed by atoms with Gasteiger partial charge in [-0.1, -0.05) is 30.3 Å². The summed E-state index contributed by atoms with van der Waals surface area (Å²) < 4.78 is 4.74. The third-order valence-corrected chi connectivity index (χ3v) is 1.81. The van der Waals surface area contributed by atoms with Gasteiger partial charge in [0.25, 0.3) is 5.97 Å². The van der Waals surface area contributed by atoms with E-state index in [4.69, 9.17) is 19.7 Å². The normalized spacial score (nSPS) is 9.82. The van der Waals surface area contributed by atoms with Gasteiger partial charge in [-0.2, -0.15) is 0 Å². The SMILES string of the molecule is CC(=O)O.CC(C)(OC(=O)O)c1ccccc1. The Hall–Kier alpha value is -2.04. The molecule has 0 saturated carbocycles. The molecule has 5 heteroatoms. The average Bonchev–Trinajstić information content (AvgIpc) is 2.16. The number of hydrogen-bond donors (Lipinski definition) is 2. The fourth-order valence-electron chi connectivity index (χ4n) is 1.12. The zero-order chi connectivity index (χ0) is 13.5. The molecule has 0 atom stereocenters. The third-order valence-electron chi connectivity index (χ3n) is 1.81. The van der Waals surface area contributed by atoms with Crippen molar-refractivity contribution in [3.63, 3.8) is 0 Å². The maximum absolute atomic E-state index is 10.4. The fraction of sp³-hybridized carbons (Fsp3) is 0.333. The van der Waals surface area contributed by atoms with Crippen LogP contribution in [0.1, 0.15) is 26.3 Å². The second kappa shape index (κ2) is 6.52. The van der Waals surface area contributed by atoms with Crippen molar-refractivity contribution in [3.05, 3.63) is 35.9 Å². The van der Waals surface area contributed by atoms with E-state index in [9.17, 15) is 4.79 Å². The highest BCUT2D eigenvalue weighted by atomic mass is 16.7. The molecule has 0 amide bonds. The first kappa shape index (κ1) is 15.0. The highest BCUT2D eigenvalue weighted by Crippen LogP contribution is 2.23. The first-order valence-corrected chi connectivity index (χ1v) is 4.92. The van der Waals surface area contributed by atoms with Gasteiger partial charge in [-0.05, 0) is 19.4 Å². The minimum absolute atomic E-state index is 0.785. The maximum Gasteiger partial charge on any atom is 0.506 e. The molecule has 1 aromatic rings. The first-order chi connectivity index (χ1) is 7.75. The molecular weight excluding hydrogens is 224 g/mol. The first-order valence-electron chi connectivity index (χ1n) is 4.92. The highest BCUT2D eigenvalue weighted by molar-refractivity contribution is 5.63. The van der Waals surface area contributed by atoms with Crippen molar-refractivity contribution in [2.75, 3.05) is 0 Å². The van der Waals surface area contributed by atoms with Crippen molar-refractivity contribution in [2.24, 2.45) is 0 Å². The molecule has 0 spiro atoms. The summed E-state index contributed by atoms with van der Waals surface area (Å²) in [5.74, 6) is -0.833. The Kier molecular flexibility index (Phi) is 5.74. The van der Waals surface area contributed by atoms with Crippen LogP contribution in [0, 0.1) is 0 Å². The Morgan fingerprint density at radius 1 is 1.12 bits per heavy atom. The lowest BCUT2D eigenvalue weighted by atomic mass is 9.98. The fourth-order valence-corrected chi connectivity index (χ4v) is 1.12. The standard InChI is InChI=1S/C10H12O3.C2H4O2/c1-10(2,13-9(11)12)8-6-4-3-5-7-8;1-2(3)4/h3-7H,1-2H3,(H,11,12);1H3,(H,3,4). The lowest BCUT2D eigenvalue weighted by Crippen LogP contribution is -2.24. The van der Waals surface area contributed by atoms with Crippen molar-refractivity contribution < 1.29 is 24.5 Å². The van der Waals surface area contributed by atoms with Gasteiger partial charge in [0, 0.05) is 6.92 Å². The van der Waals surface area contributed by atoms with Crippen LogP contribution in [0.5, 0.6) is 0 Å². The Balaban J connectivity index is 0.000000557. The van der Waals surface area contributed by atoms with Crippen LogP contribution in [-0.4, -0.2) is 22.3 Å². The van der Waals surface area contributed by atoms with E-state index < -0.39 is 17.7 Å². The summed E-state index contributed by atoms with van der Waals surface area (Å²) in [4.78, 5) is 19.4. The van der Waals surface area contributed by atoms with Crippen molar-refractivity contribution in [3.8, 4) is 0 Å². The third kappa shape index (κ3) is 6.94. The van der Waals surface area contributed by atoms with Crippen LogP contribution in [0.15, 0.2) is 30.3 Å². The van der Waals surface area contributed by atoms with E-state index >= 15 is 0 Å². The van der Waals surface area contributed by atoms with Gasteiger partial charge in [0.15, 0.2) is 0 Å². The number of carboxylic acid groups (broad SMARTS) is 2. The van der Waals surface area contributed by atoms with Crippen molar-refractivity contribution >= 4 is 12.1 Å². The molecule has 0 aliphatic rings. The zero-order valence-corrected chi connectivity index (χ0v) is 10.0. The van der Waals surface area contributed by atoms with E-state index in [0.717, 1.165) is 12.5 Å². The summed E-state index contributed by atoms with van der Waals surface area (Å²) in [5.41, 5.74) is 0.0602. The van der Waals surface area contributed by atoms with Gasteiger partial charge in [0.05, 0.1) is 0 Å². The largest absolute Gasteiger partial charge is 0.506 e.